The molecular weight excluding hydrogens is 370 g/mol. The van der Waals surface area contributed by atoms with Gasteiger partial charge in [0.25, 0.3) is 10.0 Å². The van der Waals surface area contributed by atoms with E-state index in [9.17, 15) is 8.42 Å². The van der Waals surface area contributed by atoms with Crippen LogP contribution in [0.4, 0.5) is 5.69 Å². The fourth-order valence-corrected chi connectivity index (χ4v) is 4.38. The fourth-order valence-electron chi connectivity index (χ4n) is 2.59. The molecule has 1 N–H and O–H groups in total. The van der Waals surface area contributed by atoms with Crippen molar-refractivity contribution in [2.45, 2.75) is 4.90 Å². The summed E-state index contributed by atoms with van der Waals surface area (Å²) in [5.41, 5.74) is 2.10. The molecule has 0 atom stereocenters. The monoisotopic (exact) mass is 385 g/mol. The molecular formula is C18H15N3O3S2. The van der Waals surface area contributed by atoms with Gasteiger partial charge in [0, 0.05) is 35.1 Å². The highest BCUT2D eigenvalue weighted by Gasteiger charge is 2.15. The summed E-state index contributed by atoms with van der Waals surface area (Å²) in [4.78, 5) is 5.58. The summed E-state index contributed by atoms with van der Waals surface area (Å²) >= 11 is 1.55. The van der Waals surface area contributed by atoms with E-state index in [1.54, 1.807) is 41.7 Å². The third-order valence-corrected chi connectivity index (χ3v) is 6.01. The van der Waals surface area contributed by atoms with Crippen molar-refractivity contribution in [3.63, 3.8) is 0 Å². The number of anilines is 1. The van der Waals surface area contributed by atoms with Crippen LogP contribution < -0.4 is 9.46 Å². The van der Waals surface area contributed by atoms with Crippen LogP contribution >= 0.6 is 11.3 Å². The number of sulfonamides is 1. The van der Waals surface area contributed by atoms with Crippen molar-refractivity contribution < 1.29 is 13.2 Å². The molecule has 6 nitrogen and oxygen atoms in total. The van der Waals surface area contributed by atoms with Crippen LogP contribution in [0.2, 0.25) is 0 Å². The molecule has 0 aliphatic rings. The Bertz CT molecular complexity index is 1150. The molecule has 0 fully saturated rings. The normalized spacial score (nSPS) is 11.6. The van der Waals surface area contributed by atoms with Crippen LogP contribution in [0, 0.1) is 0 Å². The van der Waals surface area contributed by atoms with Crippen molar-refractivity contribution in [1.82, 2.24) is 9.38 Å². The third-order valence-electron chi connectivity index (χ3n) is 3.86. The molecule has 0 bridgehead atoms. The van der Waals surface area contributed by atoms with Gasteiger partial charge in [-0.25, -0.2) is 13.4 Å². The zero-order valence-electron chi connectivity index (χ0n) is 13.8. The van der Waals surface area contributed by atoms with E-state index in [2.05, 4.69) is 9.71 Å². The Morgan fingerprint density at radius 2 is 2.00 bits per heavy atom. The number of hydrogen-bond donors (Lipinski definition) is 1. The molecule has 0 amide bonds. The number of nitrogens with zero attached hydrogens (tertiary/aromatic N) is 2. The average molecular weight is 385 g/mol. The molecule has 4 aromatic rings. The molecule has 0 aliphatic carbocycles. The van der Waals surface area contributed by atoms with Crippen LogP contribution in [-0.2, 0) is 10.0 Å². The zero-order chi connectivity index (χ0) is 18.1. The first-order valence-corrected chi connectivity index (χ1v) is 10.1. The van der Waals surface area contributed by atoms with E-state index in [-0.39, 0.29) is 4.90 Å². The maximum absolute atomic E-state index is 12.6. The Balaban J connectivity index is 1.65. The highest BCUT2D eigenvalue weighted by molar-refractivity contribution is 7.92. The summed E-state index contributed by atoms with van der Waals surface area (Å²) in [5.74, 6) is 0.486. The summed E-state index contributed by atoms with van der Waals surface area (Å²) in [5, 5.41) is 1.96. The smallest absolute Gasteiger partial charge is 0.262 e. The van der Waals surface area contributed by atoms with E-state index < -0.39 is 10.0 Å². The van der Waals surface area contributed by atoms with Crippen LogP contribution in [0.25, 0.3) is 16.2 Å². The minimum absolute atomic E-state index is 0.143. The first-order valence-electron chi connectivity index (χ1n) is 7.75. The predicted molar refractivity (Wildman–Crippen MR) is 102 cm³/mol. The molecule has 0 radical (unpaired) electrons. The van der Waals surface area contributed by atoms with Gasteiger partial charge in [0.1, 0.15) is 5.75 Å². The molecule has 2 aromatic carbocycles. The summed E-state index contributed by atoms with van der Waals surface area (Å²) in [7, 11) is -2.21. The molecule has 26 heavy (non-hydrogen) atoms. The van der Waals surface area contributed by atoms with E-state index in [0.717, 1.165) is 16.2 Å². The van der Waals surface area contributed by atoms with Crippen molar-refractivity contribution in [1.29, 1.82) is 0 Å². The minimum Gasteiger partial charge on any atom is -0.497 e. The van der Waals surface area contributed by atoms with Gasteiger partial charge in [0.05, 0.1) is 17.7 Å². The lowest BCUT2D eigenvalue weighted by atomic mass is 10.1. The van der Waals surface area contributed by atoms with Crippen LogP contribution in [0.3, 0.4) is 0 Å². The second kappa shape index (κ2) is 6.47. The molecule has 0 saturated carbocycles. The molecule has 4 rings (SSSR count). The molecule has 0 aliphatic heterocycles. The molecule has 2 aromatic heterocycles. The maximum atomic E-state index is 12.6. The van der Waals surface area contributed by atoms with Gasteiger partial charge in [0.2, 0.25) is 0 Å². The van der Waals surface area contributed by atoms with Gasteiger partial charge in [-0.2, -0.15) is 0 Å². The highest BCUT2D eigenvalue weighted by Crippen LogP contribution is 2.26. The van der Waals surface area contributed by atoms with E-state index in [1.807, 2.05) is 28.2 Å². The number of hydrogen-bond acceptors (Lipinski definition) is 5. The van der Waals surface area contributed by atoms with E-state index in [0.29, 0.717) is 11.4 Å². The lowest BCUT2D eigenvalue weighted by molar-refractivity contribution is 0.413. The van der Waals surface area contributed by atoms with E-state index in [4.69, 9.17) is 4.74 Å². The van der Waals surface area contributed by atoms with Gasteiger partial charge in [0.15, 0.2) is 4.96 Å². The summed E-state index contributed by atoms with van der Waals surface area (Å²) in [6.07, 6.45) is 3.85. The standard InChI is InChI=1S/C18H15N3O3S2/c1-24-15-6-3-7-16(11-15)26(22,23)20-14-5-2-4-13(10-14)17-12-21-8-9-25-18(21)19-17/h2-12,20H,1H3. The Morgan fingerprint density at radius 3 is 2.81 bits per heavy atom. The van der Waals surface area contributed by atoms with Crippen molar-refractivity contribution in [3.8, 4) is 17.0 Å². The molecule has 0 spiro atoms. The number of rotatable bonds is 5. The number of aromatic nitrogens is 2. The van der Waals surface area contributed by atoms with Gasteiger partial charge >= 0.3 is 0 Å². The summed E-state index contributed by atoms with van der Waals surface area (Å²) < 4.78 is 34.9. The number of imidazole rings is 1. The van der Waals surface area contributed by atoms with Gasteiger partial charge in [-0.1, -0.05) is 18.2 Å². The van der Waals surface area contributed by atoms with E-state index >= 15 is 0 Å². The Hall–Kier alpha value is -2.84. The Morgan fingerprint density at radius 1 is 1.15 bits per heavy atom. The van der Waals surface area contributed by atoms with Gasteiger partial charge in [-0.3, -0.25) is 9.12 Å². The zero-order valence-corrected chi connectivity index (χ0v) is 15.4. The largest absolute Gasteiger partial charge is 0.497 e. The SMILES string of the molecule is COc1cccc(S(=O)(=O)Nc2cccc(-c3cn4ccsc4n3)c2)c1. The van der Waals surface area contributed by atoms with Crippen molar-refractivity contribution in [2.75, 3.05) is 11.8 Å². The summed E-state index contributed by atoms with van der Waals surface area (Å²) in [6.45, 7) is 0. The van der Waals surface area contributed by atoms with Crippen LogP contribution in [-0.4, -0.2) is 24.9 Å². The quantitative estimate of drug-likeness (QED) is 0.566. The number of nitrogens with one attached hydrogen (secondary N) is 1. The van der Waals surface area contributed by atoms with Gasteiger partial charge in [-0.05, 0) is 24.3 Å². The number of ether oxygens (including phenoxy) is 1. The minimum atomic E-state index is -3.71. The highest BCUT2D eigenvalue weighted by atomic mass is 32.2. The van der Waals surface area contributed by atoms with Gasteiger partial charge < -0.3 is 4.74 Å². The van der Waals surface area contributed by atoms with Crippen LogP contribution in [0.5, 0.6) is 5.75 Å². The lowest BCUT2D eigenvalue weighted by Gasteiger charge is -2.10. The number of benzene rings is 2. The Labute approximate surface area is 154 Å². The molecule has 132 valence electrons. The second-order valence-corrected chi connectivity index (χ2v) is 8.14. The lowest BCUT2D eigenvalue weighted by Crippen LogP contribution is -2.13. The number of fused-ring (bicyclic) bond motifs is 1. The number of thiazole rings is 1. The molecule has 8 heteroatoms. The molecule has 0 unspecified atom stereocenters. The first-order chi connectivity index (χ1) is 12.5. The summed E-state index contributed by atoms with van der Waals surface area (Å²) in [6, 6.07) is 13.5. The van der Waals surface area contributed by atoms with Crippen molar-refractivity contribution in [3.05, 3.63) is 66.3 Å². The van der Waals surface area contributed by atoms with Gasteiger partial charge in [-0.15, -0.1) is 11.3 Å². The fraction of sp³-hybridized carbons (Fsp3) is 0.0556. The number of methoxy groups -OCH3 is 1. The molecule has 0 saturated heterocycles. The second-order valence-electron chi connectivity index (χ2n) is 5.58. The van der Waals surface area contributed by atoms with Crippen molar-refractivity contribution >= 4 is 32.0 Å². The maximum Gasteiger partial charge on any atom is 0.262 e. The predicted octanol–water partition coefficient (Wildman–Crippen LogP) is 3.87. The molecule has 2 heterocycles. The van der Waals surface area contributed by atoms with Crippen LogP contribution in [0.1, 0.15) is 0 Å². The Kier molecular flexibility index (Phi) is 4.14. The first kappa shape index (κ1) is 16.6. The van der Waals surface area contributed by atoms with Crippen LogP contribution in [0.15, 0.2) is 71.2 Å². The topological polar surface area (TPSA) is 72.7 Å². The van der Waals surface area contributed by atoms with E-state index in [1.165, 1.54) is 19.2 Å². The third kappa shape index (κ3) is 3.16. The van der Waals surface area contributed by atoms with Crippen molar-refractivity contribution in [2.24, 2.45) is 0 Å². The average Bonchev–Trinajstić information content (AvgIpc) is 3.24.